The molecule has 2 unspecified atom stereocenters. The Labute approximate surface area is 427 Å². The first-order valence-corrected chi connectivity index (χ1v) is 40.3. The van der Waals surface area contributed by atoms with E-state index in [4.69, 9.17) is 0 Å². The molecule has 6 fully saturated rings. The molecule has 0 saturated heterocycles. The Bertz CT molecular complexity index is 2480. The molecule has 6 saturated carbocycles. The molecule has 0 N–H and O–H groups in total. The van der Waals surface area contributed by atoms with Gasteiger partial charge < -0.3 is 0 Å². The Hall–Kier alpha value is -2.17. The van der Waals surface area contributed by atoms with Crippen LogP contribution < -0.4 is 0 Å². The molecule has 4 aromatic carbocycles. The van der Waals surface area contributed by atoms with Gasteiger partial charge in [-0.3, -0.25) is 0 Å². The number of halogens is 5. The third-order valence-electron chi connectivity index (χ3n) is 20.7. The van der Waals surface area contributed by atoms with Gasteiger partial charge in [0.15, 0.2) is 0 Å². The van der Waals surface area contributed by atoms with Gasteiger partial charge in [0, 0.05) is 0 Å². The van der Waals surface area contributed by atoms with E-state index < -0.39 is 30.0 Å². The molecule has 0 heterocycles. The Morgan fingerprint density at radius 1 is 0.536 bits per heavy atom. The predicted octanol–water partition coefficient (Wildman–Crippen LogP) is 19.1. The summed E-state index contributed by atoms with van der Waals surface area (Å²) >= 11 is -4.90. The van der Waals surface area contributed by atoms with Gasteiger partial charge in [0.25, 0.3) is 0 Å². The summed E-state index contributed by atoms with van der Waals surface area (Å²) in [4.78, 5) is 0. The van der Waals surface area contributed by atoms with Crippen molar-refractivity contribution in [1.29, 1.82) is 0 Å². The Balaban J connectivity index is 0.00000277. The van der Waals surface area contributed by atoms with Crippen LogP contribution in [0.1, 0.15) is 200 Å². The fourth-order valence-corrected chi connectivity index (χ4v) is 41.1. The Morgan fingerprint density at radius 2 is 0.928 bits per heavy atom. The fraction of sp³-hybridized carbons (Fsp3) is 0.548. The summed E-state index contributed by atoms with van der Waals surface area (Å²) in [6.45, 7) is 2.22. The molecule has 7 heteroatoms. The van der Waals surface area contributed by atoms with Crippen molar-refractivity contribution in [3.63, 3.8) is 0 Å². The van der Waals surface area contributed by atoms with Crippen LogP contribution in [0.25, 0.3) is 34.4 Å². The third kappa shape index (κ3) is 9.30. The van der Waals surface area contributed by atoms with Crippen molar-refractivity contribution >= 4 is 43.8 Å². The van der Waals surface area contributed by atoms with Crippen molar-refractivity contribution in [2.24, 2.45) is 22.7 Å². The number of rotatable bonds is 12. The molecule has 0 radical (unpaired) electrons. The second kappa shape index (κ2) is 19.3. The van der Waals surface area contributed by atoms with Crippen molar-refractivity contribution in [1.82, 2.24) is 0 Å². The fourth-order valence-electron chi connectivity index (χ4n) is 17.5. The molecule has 8 aliphatic rings. The van der Waals surface area contributed by atoms with Crippen LogP contribution in [0.4, 0.5) is 13.2 Å². The van der Waals surface area contributed by atoms with E-state index in [0.29, 0.717) is 26.8 Å². The summed E-state index contributed by atoms with van der Waals surface area (Å²) in [7, 11) is 0. The normalized spacial score (nSPS) is 28.8. The molecule has 0 aromatic heterocycles. The molecular formula is C62H77Cl2F3SiZr. The molecule has 0 spiro atoms. The van der Waals surface area contributed by atoms with Gasteiger partial charge in [0.1, 0.15) is 0 Å². The number of benzene rings is 4. The number of hydrogen-bond donors (Lipinski definition) is 0. The standard InChI is InChI=1S/2C29H33.C3H4F3.CH3.2ClH.H2Si.Zr/c2*1-2-5-23(6-3-1)24-9-11-25(12-10-24)27-8-4-7-26-17-22(18-28(26)27)20-29-15-13-21(19-29)14-16-29;1-2-3(4,5)6;;;;;/h2*4,7-12,17-18,21,23H,1-3,5-6,13-16,19-20H2;1-2H2;1H3;2*1H;1H2;. The Kier molecular flexibility index (Phi) is 14.1. The van der Waals surface area contributed by atoms with Gasteiger partial charge in [-0.05, 0) is 0 Å². The molecule has 2 atom stereocenters. The van der Waals surface area contributed by atoms with Crippen molar-refractivity contribution in [3.8, 4) is 22.3 Å². The predicted molar refractivity (Wildman–Crippen MR) is 288 cm³/mol. The molecule has 69 heavy (non-hydrogen) atoms. The molecule has 12 rings (SSSR count). The average Bonchev–Trinajstić information content (AvgIpc) is 4.22. The molecule has 8 aliphatic carbocycles. The zero-order valence-electron chi connectivity index (χ0n) is 41.3. The van der Waals surface area contributed by atoms with Crippen LogP contribution in [0, 0.1) is 22.7 Å². The number of fused-ring (bicyclic) bond motifs is 6. The molecule has 4 aromatic rings. The van der Waals surface area contributed by atoms with E-state index in [1.807, 2.05) is 0 Å². The van der Waals surface area contributed by atoms with Crippen molar-refractivity contribution in [2.45, 2.75) is 182 Å². The van der Waals surface area contributed by atoms with Crippen LogP contribution in [0.3, 0.4) is 0 Å². The minimum atomic E-state index is -4.90. The van der Waals surface area contributed by atoms with Gasteiger partial charge >= 0.3 is 406 Å². The average molecular weight is 1070 g/mol. The SMILES string of the molecule is Cl.Cl.[CH3][Zr](=[SiH2])([CH2]CC(F)(F)F)([CH]1C(CC23CCC(CC2)C3)=Cc2c(-c3ccc(C4CCCCC4)cc3)cccc21)[CH]1C(CC23CCC(CC2)C3)=Cc2c(-c3ccc(C4CCCCC4)cc3)cccc21. The molecule has 368 valence electrons. The zero-order chi connectivity index (χ0) is 45.6. The van der Waals surface area contributed by atoms with Gasteiger partial charge in [-0.2, -0.15) is 0 Å². The van der Waals surface area contributed by atoms with Crippen molar-refractivity contribution in [2.75, 3.05) is 0 Å². The third-order valence-corrected chi connectivity index (χ3v) is 43.6. The summed E-state index contributed by atoms with van der Waals surface area (Å²) in [6, 6.07) is 33.1. The van der Waals surface area contributed by atoms with Crippen LogP contribution in [0.2, 0.25) is 8.76 Å². The number of hydrogen-bond acceptors (Lipinski definition) is 0. The van der Waals surface area contributed by atoms with E-state index in [2.05, 4.69) is 109 Å². The Morgan fingerprint density at radius 3 is 1.28 bits per heavy atom. The molecule has 0 amide bonds. The van der Waals surface area contributed by atoms with Crippen molar-refractivity contribution in [3.05, 3.63) is 129 Å². The van der Waals surface area contributed by atoms with Crippen LogP contribution in [-0.2, 0) is 17.4 Å². The quantitative estimate of drug-likeness (QED) is 0.124. The topological polar surface area (TPSA) is 0 Å². The van der Waals surface area contributed by atoms with Gasteiger partial charge in [-0.25, -0.2) is 0 Å². The number of alkyl halides is 3. The first-order chi connectivity index (χ1) is 32.3. The second-order valence-electron chi connectivity index (χ2n) is 25.1. The summed E-state index contributed by atoms with van der Waals surface area (Å²) in [6.07, 6.45) is 28.6. The van der Waals surface area contributed by atoms with Crippen LogP contribution in [-0.4, -0.2) is 13.1 Å². The van der Waals surface area contributed by atoms with Crippen LogP contribution >= 0.6 is 24.8 Å². The van der Waals surface area contributed by atoms with Gasteiger partial charge in [-0.15, -0.1) is 24.8 Å². The van der Waals surface area contributed by atoms with Crippen molar-refractivity contribution < 1.29 is 30.6 Å². The van der Waals surface area contributed by atoms with E-state index in [9.17, 15) is 0 Å². The van der Waals surface area contributed by atoms with E-state index >= 15 is 13.2 Å². The monoisotopic (exact) mass is 1070 g/mol. The second-order valence-corrected chi connectivity index (χ2v) is 53.5. The maximum atomic E-state index is 15.3. The zero-order valence-corrected chi connectivity index (χ0v) is 46.8. The summed E-state index contributed by atoms with van der Waals surface area (Å²) < 4.78 is 49.0. The molecule has 0 nitrogen and oxygen atoms in total. The van der Waals surface area contributed by atoms with Crippen LogP contribution in [0.5, 0.6) is 0 Å². The van der Waals surface area contributed by atoms with E-state index in [1.165, 1.54) is 195 Å². The van der Waals surface area contributed by atoms with Gasteiger partial charge in [0.2, 0.25) is 0 Å². The van der Waals surface area contributed by atoms with Crippen LogP contribution in [0.15, 0.2) is 96.1 Å². The van der Waals surface area contributed by atoms with E-state index in [0.717, 1.165) is 24.7 Å². The summed E-state index contributed by atoms with van der Waals surface area (Å²) in [5.41, 5.74) is 17.0. The first-order valence-electron chi connectivity index (χ1n) is 27.3. The van der Waals surface area contributed by atoms with E-state index in [1.54, 1.807) is 0 Å². The van der Waals surface area contributed by atoms with Gasteiger partial charge in [0.05, 0.1) is 0 Å². The molecule has 0 aliphatic heterocycles. The minimum absolute atomic E-state index is 0. The number of allylic oxidation sites excluding steroid dienone is 2. The van der Waals surface area contributed by atoms with Gasteiger partial charge in [-0.1, -0.05) is 0 Å². The molecular weight excluding hydrogens is 992 g/mol. The molecule has 4 bridgehead atoms. The summed E-state index contributed by atoms with van der Waals surface area (Å²) in [5.74, 6) is 2.96. The maximum absolute atomic E-state index is 15.3. The van der Waals surface area contributed by atoms with E-state index in [-0.39, 0.29) is 32.1 Å². The first kappa shape index (κ1) is 50.4. The summed E-state index contributed by atoms with van der Waals surface area (Å²) in [5, 5.41) is 0.